The van der Waals surface area contributed by atoms with Crippen LogP contribution < -0.4 is 5.32 Å². The van der Waals surface area contributed by atoms with Crippen LogP contribution in [0.15, 0.2) is 12.1 Å². The minimum absolute atomic E-state index is 0.171. The molecule has 1 saturated heterocycles. The number of nitrogens with zero attached hydrogens (tertiary/aromatic N) is 4. The van der Waals surface area contributed by atoms with Gasteiger partial charge < -0.3 is 10.1 Å². The van der Waals surface area contributed by atoms with Crippen LogP contribution in [0.5, 0.6) is 0 Å². The Morgan fingerprint density at radius 1 is 1.41 bits per heavy atom. The summed E-state index contributed by atoms with van der Waals surface area (Å²) >= 11 is 0. The minimum Gasteiger partial charge on any atom is -0.380 e. The van der Waals surface area contributed by atoms with E-state index in [9.17, 15) is 0 Å². The third kappa shape index (κ3) is 1.79. The van der Waals surface area contributed by atoms with E-state index in [2.05, 4.69) is 20.6 Å². The Balaban J connectivity index is 1.98. The molecule has 6 nitrogen and oxygen atoms in total. The summed E-state index contributed by atoms with van der Waals surface area (Å²) in [5.41, 5.74) is 1.74. The topological polar surface area (TPSA) is 64.3 Å². The van der Waals surface area contributed by atoms with E-state index < -0.39 is 0 Å². The zero-order valence-corrected chi connectivity index (χ0v) is 9.92. The van der Waals surface area contributed by atoms with Gasteiger partial charge in [-0.2, -0.15) is 9.61 Å². The lowest BCUT2D eigenvalue weighted by molar-refractivity contribution is 0.117. The normalized spacial score (nSPS) is 24.6. The van der Waals surface area contributed by atoms with Gasteiger partial charge in [-0.3, -0.25) is 0 Å². The molecule has 90 valence electrons. The van der Waals surface area contributed by atoms with Crippen molar-refractivity contribution in [1.29, 1.82) is 0 Å². The summed E-state index contributed by atoms with van der Waals surface area (Å²) < 4.78 is 7.15. The number of methoxy groups -OCH3 is 1. The fraction of sp³-hybridized carbons (Fsp3) is 0.545. The standard InChI is InChI=1S/C11H15N5O/c1-7-3-4-10-13-14-11(16(10)15-7)9-5-8(17-2)6-12-9/h3-4,8-9,12H,5-6H2,1-2H3. The average molecular weight is 233 g/mol. The lowest BCUT2D eigenvalue weighted by Crippen LogP contribution is -2.18. The molecule has 0 amide bonds. The van der Waals surface area contributed by atoms with Gasteiger partial charge in [-0.15, -0.1) is 10.2 Å². The number of rotatable bonds is 2. The molecule has 2 unspecified atom stereocenters. The monoisotopic (exact) mass is 233 g/mol. The molecule has 0 saturated carbocycles. The fourth-order valence-corrected chi connectivity index (χ4v) is 2.19. The molecular weight excluding hydrogens is 218 g/mol. The van der Waals surface area contributed by atoms with Crippen molar-refractivity contribution in [3.63, 3.8) is 0 Å². The van der Waals surface area contributed by atoms with Crippen molar-refractivity contribution in [2.24, 2.45) is 0 Å². The van der Waals surface area contributed by atoms with Gasteiger partial charge in [0, 0.05) is 13.7 Å². The highest BCUT2D eigenvalue weighted by Crippen LogP contribution is 2.23. The van der Waals surface area contributed by atoms with E-state index in [1.54, 1.807) is 7.11 Å². The predicted molar refractivity (Wildman–Crippen MR) is 61.7 cm³/mol. The molecule has 1 fully saturated rings. The Labute approximate surface area is 99.0 Å². The first-order chi connectivity index (χ1) is 8.28. The second-order valence-electron chi connectivity index (χ2n) is 4.36. The van der Waals surface area contributed by atoms with Gasteiger partial charge in [0.05, 0.1) is 17.8 Å². The lowest BCUT2D eigenvalue weighted by atomic mass is 10.2. The van der Waals surface area contributed by atoms with E-state index in [0.717, 1.165) is 30.1 Å². The summed E-state index contributed by atoms with van der Waals surface area (Å²) in [6.07, 6.45) is 1.16. The van der Waals surface area contributed by atoms with E-state index in [1.807, 2.05) is 23.6 Å². The number of ether oxygens (including phenoxy) is 1. The van der Waals surface area contributed by atoms with Crippen molar-refractivity contribution in [2.75, 3.05) is 13.7 Å². The first kappa shape index (κ1) is 10.6. The van der Waals surface area contributed by atoms with E-state index in [-0.39, 0.29) is 12.1 Å². The molecule has 2 aromatic rings. The Morgan fingerprint density at radius 3 is 3.06 bits per heavy atom. The second kappa shape index (κ2) is 4.05. The number of aromatic nitrogens is 4. The van der Waals surface area contributed by atoms with Crippen molar-refractivity contribution in [3.05, 3.63) is 23.7 Å². The first-order valence-corrected chi connectivity index (χ1v) is 5.73. The zero-order chi connectivity index (χ0) is 11.8. The number of fused-ring (bicyclic) bond motifs is 1. The van der Waals surface area contributed by atoms with Crippen LogP contribution in [0.1, 0.15) is 24.0 Å². The number of hydrogen-bond acceptors (Lipinski definition) is 5. The highest BCUT2D eigenvalue weighted by atomic mass is 16.5. The quantitative estimate of drug-likeness (QED) is 0.817. The van der Waals surface area contributed by atoms with E-state index in [1.165, 1.54) is 0 Å². The maximum absolute atomic E-state index is 5.33. The minimum atomic E-state index is 0.171. The largest absolute Gasteiger partial charge is 0.380 e. The molecule has 1 aliphatic heterocycles. The summed E-state index contributed by atoms with van der Waals surface area (Å²) in [7, 11) is 1.74. The van der Waals surface area contributed by atoms with Crippen LogP contribution in [-0.2, 0) is 4.74 Å². The van der Waals surface area contributed by atoms with Gasteiger partial charge in [0.2, 0.25) is 0 Å². The smallest absolute Gasteiger partial charge is 0.177 e. The van der Waals surface area contributed by atoms with Crippen LogP contribution in [0.2, 0.25) is 0 Å². The number of hydrogen-bond donors (Lipinski definition) is 1. The third-order valence-corrected chi connectivity index (χ3v) is 3.16. The highest BCUT2D eigenvalue weighted by molar-refractivity contribution is 5.36. The van der Waals surface area contributed by atoms with Crippen molar-refractivity contribution >= 4 is 5.65 Å². The molecule has 6 heteroatoms. The Morgan fingerprint density at radius 2 is 2.29 bits per heavy atom. The lowest BCUT2D eigenvalue weighted by Gasteiger charge is -2.07. The Kier molecular flexibility index (Phi) is 2.53. The summed E-state index contributed by atoms with van der Waals surface area (Å²) in [6, 6.07) is 4.04. The molecule has 0 spiro atoms. The van der Waals surface area contributed by atoms with Gasteiger partial charge >= 0.3 is 0 Å². The molecule has 2 aromatic heterocycles. The second-order valence-corrected chi connectivity index (χ2v) is 4.36. The van der Waals surface area contributed by atoms with Gasteiger partial charge in [0.1, 0.15) is 0 Å². The van der Waals surface area contributed by atoms with Crippen LogP contribution in [0, 0.1) is 6.92 Å². The van der Waals surface area contributed by atoms with Crippen molar-refractivity contribution in [3.8, 4) is 0 Å². The summed E-state index contributed by atoms with van der Waals surface area (Å²) in [6.45, 7) is 2.81. The van der Waals surface area contributed by atoms with E-state index in [0.29, 0.717) is 0 Å². The van der Waals surface area contributed by atoms with Crippen LogP contribution in [0.25, 0.3) is 5.65 Å². The van der Waals surface area contributed by atoms with Gasteiger partial charge in [-0.1, -0.05) is 0 Å². The molecule has 3 rings (SSSR count). The summed E-state index contributed by atoms with van der Waals surface area (Å²) in [5.74, 6) is 0.864. The maximum Gasteiger partial charge on any atom is 0.177 e. The van der Waals surface area contributed by atoms with Crippen molar-refractivity contribution < 1.29 is 4.74 Å². The van der Waals surface area contributed by atoms with Crippen molar-refractivity contribution in [2.45, 2.75) is 25.5 Å². The highest BCUT2D eigenvalue weighted by Gasteiger charge is 2.28. The van der Waals surface area contributed by atoms with Gasteiger partial charge in [0.25, 0.3) is 0 Å². The molecule has 2 atom stereocenters. The van der Waals surface area contributed by atoms with Crippen molar-refractivity contribution in [1.82, 2.24) is 25.1 Å². The van der Waals surface area contributed by atoms with Gasteiger partial charge in [0.15, 0.2) is 11.5 Å². The molecule has 0 radical (unpaired) electrons. The molecule has 0 bridgehead atoms. The van der Waals surface area contributed by atoms with E-state index >= 15 is 0 Å². The molecule has 3 heterocycles. The number of aryl methyl sites for hydroxylation is 1. The molecule has 17 heavy (non-hydrogen) atoms. The molecular formula is C11H15N5O. The predicted octanol–water partition coefficient (Wildman–Crippen LogP) is 0.482. The fourth-order valence-electron chi connectivity index (χ4n) is 2.19. The average Bonchev–Trinajstić information content (AvgIpc) is 2.93. The van der Waals surface area contributed by atoms with Crippen LogP contribution in [0.3, 0.4) is 0 Å². The van der Waals surface area contributed by atoms with Crippen LogP contribution in [-0.4, -0.2) is 39.6 Å². The van der Waals surface area contributed by atoms with Gasteiger partial charge in [-0.05, 0) is 25.5 Å². The first-order valence-electron chi connectivity index (χ1n) is 5.73. The summed E-state index contributed by atoms with van der Waals surface area (Å²) in [5, 5.41) is 16.2. The summed E-state index contributed by atoms with van der Waals surface area (Å²) in [4.78, 5) is 0. The number of nitrogens with one attached hydrogen (secondary N) is 1. The van der Waals surface area contributed by atoms with Crippen LogP contribution >= 0.6 is 0 Å². The molecule has 0 aliphatic carbocycles. The SMILES string of the molecule is COC1CNC(c2nnc3ccc(C)nn23)C1. The molecule has 1 aliphatic rings. The van der Waals surface area contributed by atoms with Crippen LogP contribution in [0.4, 0.5) is 0 Å². The molecule has 0 aromatic carbocycles. The van der Waals surface area contributed by atoms with Gasteiger partial charge in [-0.25, -0.2) is 0 Å². The third-order valence-electron chi connectivity index (χ3n) is 3.16. The maximum atomic E-state index is 5.33. The Hall–Kier alpha value is -1.53. The molecule has 1 N–H and O–H groups in total. The zero-order valence-electron chi connectivity index (χ0n) is 9.92. The van der Waals surface area contributed by atoms with E-state index in [4.69, 9.17) is 4.74 Å². The Bertz CT molecular complexity index is 538.